The van der Waals surface area contributed by atoms with E-state index in [-0.39, 0.29) is 32.2 Å². The molecule has 1 aromatic heterocycles. The summed E-state index contributed by atoms with van der Waals surface area (Å²) >= 11 is 0. The fraction of sp³-hybridized carbons (Fsp3) is 0.500. The van der Waals surface area contributed by atoms with Gasteiger partial charge in [-0.1, -0.05) is 0 Å². The van der Waals surface area contributed by atoms with Crippen molar-refractivity contribution in [2.75, 3.05) is 40.3 Å². The first-order valence-corrected chi connectivity index (χ1v) is 7.85. The number of sulfonamides is 1. The molecule has 1 saturated heterocycles. The topological polar surface area (TPSA) is 73.8 Å². The summed E-state index contributed by atoms with van der Waals surface area (Å²) in [7, 11) is -0.699. The molecule has 1 aromatic rings. The van der Waals surface area contributed by atoms with Crippen molar-refractivity contribution in [2.45, 2.75) is 5.03 Å². The normalized spacial score (nSPS) is 16.8. The highest BCUT2D eigenvalue weighted by molar-refractivity contribution is 7.89. The second-order valence-corrected chi connectivity index (χ2v) is 6.71. The monoisotopic (exact) mass is 316 g/mol. The Morgan fingerprint density at radius 2 is 1.90 bits per heavy atom. The van der Waals surface area contributed by atoms with E-state index in [9.17, 15) is 17.6 Å². The smallest absolute Gasteiger partial charge is 0.319 e. The standard InChI is InChI=1S/C12H17FN4O3S/c1-15(2)12(18)16-6-8-17(9-7-16)21(19,20)11-10(13)4-3-5-14-11/h3-5H,6-9H2,1-2H3. The summed E-state index contributed by atoms with van der Waals surface area (Å²) in [6.45, 7) is 0.783. The van der Waals surface area contributed by atoms with Crippen LogP contribution in [0.5, 0.6) is 0 Å². The van der Waals surface area contributed by atoms with Crippen LogP contribution < -0.4 is 0 Å². The van der Waals surface area contributed by atoms with Crippen LogP contribution in [0.15, 0.2) is 23.4 Å². The molecule has 0 aromatic carbocycles. The summed E-state index contributed by atoms with van der Waals surface area (Å²) in [5.74, 6) is -0.871. The third-order valence-electron chi connectivity index (χ3n) is 3.20. The molecule has 9 heteroatoms. The zero-order valence-corrected chi connectivity index (χ0v) is 12.7. The Kier molecular flexibility index (Phi) is 4.43. The number of halogens is 1. The first-order valence-electron chi connectivity index (χ1n) is 6.41. The van der Waals surface area contributed by atoms with Crippen LogP contribution in [0.2, 0.25) is 0 Å². The van der Waals surface area contributed by atoms with Crippen LogP contribution in [-0.2, 0) is 10.0 Å². The van der Waals surface area contributed by atoms with Gasteiger partial charge in [0.25, 0.3) is 10.0 Å². The van der Waals surface area contributed by atoms with E-state index in [0.29, 0.717) is 0 Å². The molecule has 1 aliphatic heterocycles. The lowest BCUT2D eigenvalue weighted by Crippen LogP contribution is -2.52. The maximum absolute atomic E-state index is 13.6. The number of urea groups is 1. The highest BCUT2D eigenvalue weighted by Crippen LogP contribution is 2.18. The summed E-state index contributed by atoms with van der Waals surface area (Å²) in [6, 6.07) is 2.23. The van der Waals surface area contributed by atoms with Gasteiger partial charge in [-0.2, -0.15) is 4.31 Å². The average molecular weight is 316 g/mol. The summed E-state index contributed by atoms with van der Waals surface area (Å²) < 4.78 is 39.4. The third-order valence-corrected chi connectivity index (χ3v) is 5.03. The molecule has 1 aliphatic rings. The molecule has 0 radical (unpaired) electrons. The largest absolute Gasteiger partial charge is 0.331 e. The van der Waals surface area contributed by atoms with Crippen LogP contribution in [0.25, 0.3) is 0 Å². The van der Waals surface area contributed by atoms with Crippen LogP contribution in [0.4, 0.5) is 9.18 Å². The first kappa shape index (κ1) is 15.6. The molecule has 2 amide bonds. The molecular weight excluding hydrogens is 299 g/mol. The number of hydrogen-bond donors (Lipinski definition) is 0. The molecule has 1 fully saturated rings. The van der Waals surface area contributed by atoms with Gasteiger partial charge in [0.05, 0.1) is 0 Å². The number of nitrogens with zero attached hydrogens (tertiary/aromatic N) is 4. The number of carbonyl (C=O) groups is 1. The predicted octanol–water partition coefficient (Wildman–Crippen LogP) is 0.209. The minimum atomic E-state index is -3.97. The molecule has 0 N–H and O–H groups in total. The Labute approximate surface area is 123 Å². The Morgan fingerprint density at radius 3 is 2.43 bits per heavy atom. The quantitative estimate of drug-likeness (QED) is 0.782. The SMILES string of the molecule is CN(C)C(=O)N1CCN(S(=O)(=O)c2ncccc2F)CC1. The van der Waals surface area contributed by atoms with Gasteiger partial charge in [-0.25, -0.2) is 22.6 Å². The van der Waals surface area contributed by atoms with Crippen LogP contribution in [0.1, 0.15) is 0 Å². The number of piperazine rings is 1. The van der Waals surface area contributed by atoms with Crippen molar-refractivity contribution < 1.29 is 17.6 Å². The van der Waals surface area contributed by atoms with E-state index in [1.54, 1.807) is 19.0 Å². The van der Waals surface area contributed by atoms with E-state index in [4.69, 9.17) is 0 Å². The van der Waals surface area contributed by atoms with Gasteiger partial charge in [0.1, 0.15) is 0 Å². The van der Waals surface area contributed by atoms with E-state index in [1.807, 2.05) is 0 Å². The van der Waals surface area contributed by atoms with Gasteiger partial charge in [0.15, 0.2) is 5.82 Å². The lowest BCUT2D eigenvalue weighted by Gasteiger charge is -2.35. The van der Waals surface area contributed by atoms with Gasteiger partial charge >= 0.3 is 6.03 Å². The zero-order valence-electron chi connectivity index (χ0n) is 11.9. The van der Waals surface area contributed by atoms with Gasteiger partial charge in [-0.3, -0.25) is 0 Å². The molecule has 7 nitrogen and oxygen atoms in total. The van der Waals surface area contributed by atoms with Gasteiger partial charge in [-0.05, 0) is 12.1 Å². The summed E-state index contributed by atoms with van der Waals surface area (Å²) in [5, 5.41) is -0.572. The molecule has 0 unspecified atom stereocenters. The van der Waals surface area contributed by atoms with Crippen LogP contribution in [-0.4, -0.2) is 73.8 Å². The first-order chi connectivity index (χ1) is 9.84. The van der Waals surface area contributed by atoms with E-state index in [0.717, 1.165) is 10.4 Å². The second kappa shape index (κ2) is 5.94. The predicted molar refractivity (Wildman–Crippen MR) is 73.6 cm³/mol. The lowest BCUT2D eigenvalue weighted by molar-refractivity contribution is 0.149. The molecule has 0 saturated carbocycles. The molecule has 116 valence electrons. The highest BCUT2D eigenvalue weighted by atomic mass is 32.2. The molecule has 2 heterocycles. The van der Waals surface area contributed by atoms with Crippen molar-refractivity contribution in [1.82, 2.24) is 19.1 Å². The van der Waals surface area contributed by atoms with Crippen molar-refractivity contribution in [3.63, 3.8) is 0 Å². The number of rotatable bonds is 2. The fourth-order valence-electron chi connectivity index (χ4n) is 2.09. The number of aromatic nitrogens is 1. The van der Waals surface area contributed by atoms with Gasteiger partial charge in [0.2, 0.25) is 5.03 Å². The van der Waals surface area contributed by atoms with E-state index >= 15 is 0 Å². The van der Waals surface area contributed by atoms with Crippen molar-refractivity contribution in [3.8, 4) is 0 Å². The van der Waals surface area contributed by atoms with Crippen molar-refractivity contribution >= 4 is 16.1 Å². The Balaban J connectivity index is 2.12. The number of carbonyl (C=O) groups excluding carboxylic acids is 1. The molecule has 0 aliphatic carbocycles. The molecule has 21 heavy (non-hydrogen) atoms. The van der Waals surface area contributed by atoms with Gasteiger partial charge < -0.3 is 9.80 Å². The number of hydrogen-bond acceptors (Lipinski definition) is 4. The maximum atomic E-state index is 13.6. The Bertz CT molecular complexity index is 627. The minimum absolute atomic E-state index is 0.123. The van der Waals surface area contributed by atoms with Crippen molar-refractivity contribution in [2.24, 2.45) is 0 Å². The lowest BCUT2D eigenvalue weighted by atomic mass is 10.4. The molecule has 0 atom stereocenters. The van der Waals surface area contributed by atoms with E-state index in [1.165, 1.54) is 17.2 Å². The van der Waals surface area contributed by atoms with Crippen LogP contribution in [0, 0.1) is 5.82 Å². The van der Waals surface area contributed by atoms with Crippen LogP contribution >= 0.6 is 0 Å². The molecular formula is C12H17FN4O3S. The minimum Gasteiger partial charge on any atom is -0.331 e. The number of pyridine rings is 1. The summed E-state index contributed by atoms with van der Waals surface area (Å²) in [4.78, 5) is 18.4. The van der Waals surface area contributed by atoms with Crippen LogP contribution in [0.3, 0.4) is 0 Å². The average Bonchev–Trinajstić information content (AvgIpc) is 2.46. The van der Waals surface area contributed by atoms with Crippen molar-refractivity contribution in [3.05, 3.63) is 24.1 Å². The Morgan fingerprint density at radius 1 is 1.29 bits per heavy atom. The Hall–Kier alpha value is -1.74. The van der Waals surface area contributed by atoms with Gasteiger partial charge in [0, 0.05) is 46.5 Å². The molecule has 0 spiro atoms. The van der Waals surface area contributed by atoms with Gasteiger partial charge in [-0.15, -0.1) is 0 Å². The number of amides is 2. The zero-order chi connectivity index (χ0) is 15.6. The third kappa shape index (κ3) is 3.13. The summed E-state index contributed by atoms with van der Waals surface area (Å²) in [6.07, 6.45) is 1.24. The van der Waals surface area contributed by atoms with E-state index in [2.05, 4.69) is 4.98 Å². The fourth-order valence-corrected chi connectivity index (χ4v) is 3.48. The highest BCUT2D eigenvalue weighted by Gasteiger charge is 2.33. The van der Waals surface area contributed by atoms with Crippen molar-refractivity contribution in [1.29, 1.82) is 0 Å². The molecule has 0 bridgehead atoms. The summed E-state index contributed by atoms with van der Waals surface area (Å²) in [5.41, 5.74) is 0. The molecule has 2 rings (SSSR count). The van der Waals surface area contributed by atoms with E-state index < -0.39 is 20.9 Å². The maximum Gasteiger partial charge on any atom is 0.319 e. The second-order valence-electron chi connectivity index (χ2n) is 4.86.